The Morgan fingerprint density at radius 1 is 1.13 bits per heavy atom. The van der Waals surface area contributed by atoms with Gasteiger partial charge in [0.2, 0.25) is 5.60 Å². The molecule has 0 radical (unpaired) electrons. The van der Waals surface area contributed by atoms with Gasteiger partial charge in [0.15, 0.2) is 18.0 Å². The molecule has 6 N–H and O–H groups in total. The summed E-state index contributed by atoms with van der Waals surface area (Å²) in [4.78, 5) is 62.2. The molecule has 3 rings (SSSR count). The highest BCUT2D eigenvalue weighted by molar-refractivity contribution is 6.01. The van der Waals surface area contributed by atoms with E-state index in [0.717, 1.165) is 44.9 Å². The predicted octanol–water partition coefficient (Wildman–Crippen LogP) is 2.01. The number of amides is 2. The number of nitrogens with one attached hydrogen (secondary N) is 3. The minimum absolute atomic E-state index is 0.0139. The molecule has 1 aromatic heterocycles. The van der Waals surface area contributed by atoms with Gasteiger partial charge in [0.25, 0.3) is 5.84 Å². The zero-order valence-electron chi connectivity index (χ0n) is 32.4. The Bertz CT molecular complexity index is 1560. The summed E-state index contributed by atoms with van der Waals surface area (Å²) in [6.07, 6.45) is 1.84. The lowest BCUT2D eigenvalue weighted by molar-refractivity contribution is -0.309. The second kappa shape index (κ2) is 17.7. The first-order chi connectivity index (χ1) is 24.7. The number of carbonyl (C=O) groups excluding carboxylic acids is 4. The number of aromatic nitrogens is 1. The number of rotatable bonds is 11. The minimum Gasteiger partial charge on any atom is -0.463 e. The van der Waals surface area contributed by atoms with Crippen LogP contribution in [0.15, 0.2) is 17.1 Å². The first-order valence-corrected chi connectivity index (χ1v) is 18.0. The zero-order valence-corrected chi connectivity index (χ0v) is 32.4. The summed E-state index contributed by atoms with van der Waals surface area (Å²) >= 11 is 0. The lowest BCUT2D eigenvalue weighted by Gasteiger charge is -2.32. The zero-order chi connectivity index (χ0) is 39.8. The van der Waals surface area contributed by atoms with Crippen molar-refractivity contribution in [2.45, 2.75) is 141 Å². The normalized spacial score (nSPS) is 23.9. The standard InChI is InChI=1S/C37H56N6O10/c1-34(2,3)28(42-33(48)53-35(4,5)6)31(46)51-27-24(19-50-26(44)18-22-14-12-10-11-13-15-22)52-37(20-38,29(27)45)25-17-16-23(41-25)30(40-21-39)43-32(47)36(7,8)49-9/h16-17,21-22,24,27-29,41,45H,10-15,18-19H2,1-9H3,(H,42,48)(H2,39,40,43,47)/p+1/t24-,27-,28+,29-,37+/m1/s1. The Balaban J connectivity index is 1.98. The fourth-order valence-corrected chi connectivity index (χ4v) is 6.07. The summed E-state index contributed by atoms with van der Waals surface area (Å²) in [7, 11) is 1.36. The quantitative estimate of drug-likeness (QED) is 0.0719. The van der Waals surface area contributed by atoms with Gasteiger partial charge >= 0.3 is 23.9 Å². The molecule has 294 valence electrons. The molecule has 1 saturated carbocycles. The Hall–Kier alpha value is -4.33. The molecular weight excluding hydrogens is 688 g/mol. The highest BCUT2D eigenvalue weighted by Gasteiger charge is 2.60. The van der Waals surface area contributed by atoms with Gasteiger partial charge in [0.05, 0.1) is 5.69 Å². The van der Waals surface area contributed by atoms with Crippen molar-refractivity contribution in [1.29, 1.82) is 5.26 Å². The molecule has 0 bridgehead atoms. The second-order valence-electron chi connectivity index (χ2n) is 16.1. The van der Waals surface area contributed by atoms with Crippen LogP contribution in [0.3, 0.4) is 0 Å². The Morgan fingerprint density at radius 2 is 1.77 bits per heavy atom. The average molecular weight is 746 g/mol. The maximum absolute atomic E-state index is 13.8. The fourth-order valence-electron chi connectivity index (χ4n) is 6.07. The number of H-pyrrole nitrogens is 1. The number of aliphatic hydroxyl groups is 1. The highest BCUT2D eigenvalue weighted by Crippen LogP contribution is 2.41. The number of aliphatic hydroxyl groups excluding tert-OH is 1. The van der Waals surface area contributed by atoms with Crippen molar-refractivity contribution in [3.63, 3.8) is 0 Å². The van der Waals surface area contributed by atoms with Crippen LogP contribution < -0.4 is 16.0 Å². The number of alkyl carbamates (subject to hydrolysis) is 1. The molecule has 2 fully saturated rings. The number of ether oxygens (including phenoxy) is 5. The number of hydrogen-bond donors (Lipinski definition) is 5. The molecule has 16 nitrogen and oxygen atoms in total. The van der Waals surface area contributed by atoms with E-state index in [1.165, 1.54) is 33.1 Å². The van der Waals surface area contributed by atoms with Crippen molar-refractivity contribution in [1.82, 2.24) is 10.3 Å². The molecular formula is C37H57N6O10+. The smallest absolute Gasteiger partial charge is 0.408 e. The molecule has 1 aromatic rings. The molecule has 0 spiro atoms. The van der Waals surface area contributed by atoms with Crippen LogP contribution in [0.4, 0.5) is 4.79 Å². The van der Waals surface area contributed by atoms with Crippen molar-refractivity contribution in [2.24, 2.45) is 22.1 Å². The summed E-state index contributed by atoms with van der Waals surface area (Å²) in [5, 5.41) is 25.0. The van der Waals surface area contributed by atoms with Crippen molar-refractivity contribution in [2.75, 3.05) is 13.7 Å². The molecule has 1 aliphatic carbocycles. The number of carbonyl (C=O) groups is 4. The highest BCUT2D eigenvalue weighted by atomic mass is 16.6. The van der Waals surface area contributed by atoms with Crippen molar-refractivity contribution >= 4 is 36.1 Å². The Morgan fingerprint density at radius 3 is 2.32 bits per heavy atom. The van der Waals surface area contributed by atoms with Crippen molar-refractivity contribution < 1.29 is 53.0 Å². The van der Waals surface area contributed by atoms with E-state index in [2.05, 4.69) is 20.3 Å². The van der Waals surface area contributed by atoms with E-state index in [9.17, 15) is 29.5 Å². The number of nitrogens with two attached hydrogens (primary N) is 1. The lowest BCUT2D eigenvalue weighted by Crippen LogP contribution is -2.76. The molecule has 0 aromatic carbocycles. The van der Waals surface area contributed by atoms with Crippen LogP contribution in [0.5, 0.6) is 0 Å². The second-order valence-corrected chi connectivity index (χ2v) is 16.1. The first-order valence-electron chi connectivity index (χ1n) is 18.0. The van der Waals surface area contributed by atoms with Crippen molar-refractivity contribution in [3.05, 3.63) is 23.5 Å². The molecule has 5 atom stereocenters. The SMILES string of the molecule is COC(C)(C)C(=O)N=C([NH+]=CN)c1ccc([C@]2(C#N)O[C@H](COC(=O)CC3CCCCCC3)[C@@H](OC(=O)[C@H](NC(=O)OC(C)(C)C)C(C)(C)C)[C@H]2O)[nH]1. The maximum atomic E-state index is 13.8. The average Bonchev–Trinajstić information content (AvgIpc) is 3.55. The van der Waals surface area contributed by atoms with Crippen LogP contribution in [0, 0.1) is 22.7 Å². The van der Waals surface area contributed by atoms with Crippen LogP contribution in [0.2, 0.25) is 0 Å². The van der Waals surface area contributed by atoms with Gasteiger partial charge in [-0.3, -0.25) is 4.79 Å². The molecule has 1 saturated heterocycles. The molecule has 1 aliphatic heterocycles. The number of aromatic amines is 1. The van der Waals surface area contributed by atoms with Crippen LogP contribution in [-0.4, -0.2) is 95.5 Å². The van der Waals surface area contributed by atoms with Crippen molar-refractivity contribution in [3.8, 4) is 6.07 Å². The minimum atomic E-state index is -2.19. The van der Waals surface area contributed by atoms with E-state index in [0.29, 0.717) is 0 Å². The lowest BCUT2D eigenvalue weighted by atomic mass is 9.86. The molecule has 2 amide bonds. The number of methoxy groups -OCH3 is 1. The van der Waals surface area contributed by atoms with Crippen LogP contribution in [-0.2, 0) is 43.7 Å². The van der Waals surface area contributed by atoms with E-state index < -0.39 is 77.1 Å². The van der Waals surface area contributed by atoms with E-state index in [4.69, 9.17) is 29.4 Å². The largest absolute Gasteiger partial charge is 0.463 e. The number of amidine groups is 1. The number of aliphatic imine (C=N–C) groups is 1. The predicted molar refractivity (Wildman–Crippen MR) is 192 cm³/mol. The van der Waals surface area contributed by atoms with Crippen LogP contribution in [0.25, 0.3) is 0 Å². The topological polar surface area (TPSA) is 239 Å². The molecule has 2 aliphatic rings. The first kappa shape index (κ1) is 43.1. The number of nitrogens with zero attached hydrogens (tertiary/aromatic N) is 2. The van der Waals surface area contributed by atoms with Gasteiger partial charge in [-0.05, 0) is 70.9 Å². The molecule has 53 heavy (non-hydrogen) atoms. The maximum Gasteiger partial charge on any atom is 0.408 e. The fraction of sp³-hybridized carbons (Fsp3) is 0.703. The molecule has 2 heterocycles. The summed E-state index contributed by atoms with van der Waals surface area (Å²) in [5.41, 5.74) is 0.596. The number of esters is 2. The third kappa shape index (κ3) is 11.3. The van der Waals surface area contributed by atoms with Gasteiger partial charge in [0.1, 0.15) is 42.2 Å². The van der Waals surface area contributed by atoms with Gasteiger partial charge in [-0.1, -0.05) is 51.4 Å². The van der Waals surface area contributed by atoms with Gasteiger partial charge in [-0.2, -0.15) is 5.26 Å². The van der Waals surface area contributed by atoms with Gasteiger partial charge in [-0.15, -0.1) is 0 Å². The van der Waals surface area contributed by atoms with Gasteiger partial charge < -0.3 is 44.8 Å². The summed E-state index contributed by atoms with van der Waals surface area (Å²) < 4.78 is 28.3. The molecule has 16 heteroatoms. The Kier molecular flexibility index (Phi) is 14.4. The van der Waals surface area contributed by atoms with E-state index in [1.807, 2.05) is 6.07 Å². The summed E-state index contributed by atoms with van der Waals surface area (Å²) in [6.45, 7) is 12.8. The third-order valence-electron chi connectivity index (χ3n) is 9.25. The number of nitriles is 1. The molecule has 0 unspecified atom stereocenters. The van der Waals surface area contributed by atoms with E-state index in [1.54, 1.807) is 41.5 Å². The third-order valence-corrected chi connectivity index (χ3v) is 9.25. The van der Waals surface area contributed by atoms with Crippen LogP contribution in [0.1, 0.15) is 112 Å². The van der Waals surface area contributed by atoms with Crippen LogP contribution >= 0.6 is 0 Å². The van der Waals surface area contributed by atoms with E-state index >= 15 is 0 Å². The Labute approximate surface area is 311 Å². The van der Waals surface area contributed by atoms with E-state index in [-0.39, 0.29) is 29.6 Å². The monoisotopic (exact) mass is 745 g/mol. The summed E-state index contributed by atoms with van der Waals surface area (Å²) in [6, 6.07) is 3.66. The van der Waals surface area contributed by atoms with Gasteiger partial charge in [0, 0.05) is 13.5 Å². The summed E-state index contributed by atoms with van der Waals surface area (Å²) in [5.74, 6) is -1.92. The number of hydrogen-bond acceptors (Lipinski definition) is 11. The van der Waals surface area contributed by atoms with Gasteiger partial charge in [-0.25, -0.2) is 19.4 Å².